The molecule has 0 aliphatic carbocycles. The Labute approximate surface area is 166 Å². The van der Waals surface area contributed by atoms with E-state index in [0.29, 0.717) is 13.0 Å². The van der Waals surface area contributed by atoms with Gasteiger partial charge in [0, 0.05) is 23.0 Å². The van der Waals surface area contributed by atoms with Crippen LogP contribution in [0.4, 0.5) is 0 Å². The molecule has 0 aromatic carbocycles. The normalized spacial score (nSPS) is 11.0. The quantitative estimate of drug-likeness (QED) is 0.463. The molecule has 0 bridgehead atoms. The van der Waals surface area contributed by atoms with Crippen LogP contribution in [0.1, 0.15) is 20.2 Å². The number of amides is 1. The van der Waals surface area contributed by atoms with Gasteiger partial charge >= 0.3 is 5.69 Å². The lowest BCUT2D eigenvalue weighted by molar-refractivity contribution is 0.0954. The van der Waals surface area contributed by atoms with Gasteiger partial charge < -0.3 is 5.32 Å². The van der Waals surface area contributed by atoms with Gasteiger partial charge in [0.1, 0.15) is 5.65 Å². The number of carbonyl (C=O) groups is 1. The average Bonchev–Trinajstić information content (AvgIpc) is 3.30. The summed E-state index contributed by atoms with van der Waals surface area (Å²) in [4.78, 5) is 50.7. The van der Waals surface area contributed by atoms with E-state index in [-0.39, 0.29) is 22.5 Å². The fourth-order valence-corrected chi connectivity index (χ4v) is 4.35. The summed E-state index contributed by atoms with van der Waals surface area (Å²) in [6.45, 7) is 2.43. The van der Waals surface area contributed by atoms with Gasteiger partial charge in [-0.25, -0.2) is 14.8 Å². The molecule has 0 aliphatic rings. The van der Waals surface area contributed by atoms with Crippen molar-refractivity contribution < 1.29 is 4.79 Å². The van der Waals surface area contributed by atoms with Crippen molar-refractivity contribution in [3.05, 3.63) is 66.1 Å². The Bertz CT molecular complexity index is 1280. The maximum atomic E-state index is 12.3. The summed E-state index contributed by atoms with van der Waals surface area (Å²) in [7, 11) is 0. The molecule has 4 heterocycles. The summed E-state index contributed by atoms with van der Waals surface area (Å²) in [5.74, 6) is -0.327. The Morgan fingerprint density at radius 2 is 2.11 bits per heavy atom. The molecule has 0 atom stereocenters. The highest BCUT2D eigenvalue weighted by Crippen LogP contribution is 2.29. The van der Waals surface area contributed by atoms with E-state index in [2.05, 4.69) is 25.3 Å². The van der Waals surface area contributed by atoms with E-state index in [4.69, 9.17) is 0 Å². The Hall–Kier alpha value is -3.11. The van der Waals surface area contributed by atoms with Crippen molar-refractivity contribution in [1.29, 1.82) is 0 Å². The first kappa shape index (κ1) is 18.3. The standard InChI is InChI=1S/C18H15N5O3S2/c1-9-21-13(8-27-9)14-3-2-11(28-14)4-5-19-16(24)10-6-12-15(20-7-10)22-18(26)23-17(12)25/h2-3,6-8H,4-5H2,1H3,(H,19,24)(H2,20,22,23,25,26). The second kappa shape index (κ2) is 7.49. The molecule has 0 radical (unpaired) electrons. The Kier molecular flexibility index (Phi) is 4.88. The zero-order valence-electron chi connectivity index (χ0n) is 14.7. The van der Waals surface area contributed by atoms with Gasteiger partial charge in [-0.2, -0.15) is 0 Å². The molecule has 10 heteroatoms. The molecule has 0 aliphatic heterocycles. The lowest BCUT2D eigenvalue weighted by atomic mass is 10.2. The fraction of sp³-hybridized carbons (Fsp3) is 0.167. The van der Waals surface area contributed by atoms with Crippen molar-refractivity contribution in [2.45, 2.75) is 13.3 Å². The lowest BCUT2D eigenvalue weighted by Crippen LogP contribution is -2.27. The molecule has 0 spiro atoms. The monoisotopic (exact) mass is 413 g/mol. The molecule has 8 nitrogen and oxygen atoms in total. The van der Waals surface area contributed by atoms with Gasteiger partial charge in [-0.15, -0.1) is 22.7 Å². The first-order chi connectivity index (χ1) is 13.5. The minimum atomic E-state index is -0.634. The molecule has 4 aromatic heterocycles. The number of hydrogen-bond donors (Lipinski definition) is 3. The summed E-state index contributed by atoms with van der Waals surface area (Å²) in [5, 5.41) is 6.05. The van der Waals surface area contributed by atoms with Crippen molar-refractivity contribution in [1.82, 2.24) is 25.3 Å². The molecule has 1 amide bonds. The van der Waals surface area contributed by atoms with E-state index in [1.807, 2.05) is 24.4 Å². The van der Waals surface area contributed by atoms with Crippen LogP contribution in [0.5, 0.6) is 0 Å². The number of aryl methyl sites for hydroxylation is 1. The summed E-state index contributed by atoms with van der Waals surface area (Å²) in [5.41, 5.74) is 0.173. The lowest BCUT2D eigenvalue weighted by Gasteiger charge is -2.05. The average molecular weight is 413 g/mol. The summed E-state index contributed by atoms with van der Waals surface area (Å²) in [6.07, 6.45) is 2.02. The van der Waals surface area contributed by atoms with Crippen molar-refractivity contribution in [3.8, 4) is 10.6 Å². The SMILES string of the molecule is Cc1nc(-c2ccc(CCNC(=O)c3cnc4[nH]c(=O)[nH]c(=O)c4c3)s2)cs1. The molecule has 0 unspecified atom stereocenters. The third-order valence-corrected chi connectivity index (χ3v) is 5.98. The van der Waals surface area contributed by atoms with Gasteiger partial charge in [0.15, 0.2) is 0 Å². The smallest absolute Gasteiger partial charge is 0.327 e. The molecular formula is C18H15N5O3S2. The zero-order chi connectivity index (χ0) is 19.7. The van der Waals surface area contributed by atoms with Gasteiger partial charge in [-0.1, -0.05) is 0 Å². The number of rotatable bonds is 5. The number of fused-ring (bicyclic) bond motifs is 1. The Morgan fingerprint density at radius 1 is 1.25 bits per heavy atom. The van der Waals surface area contributed by atoms with E-state index in [9.17, 15) is 14.4 Å². The first-order valence-electron chi connectivity index (χ1n) is 8.41. The largest absolute Gasteiger partial charge is 0.352 e. The third-order valence-electron chi connectivity index (χ3n) is 4.04. The minimum Gasteiger partial charge on any atom is -0.352 e. The van der Waals surface area contributed by atoms with E-state index in [1.54, 1.807) is 22.7 Å². The second-order valence-electron chi connectivity index (χ2n) is 6.05. The van der Waals surface area contributed by atoms with Gasteiger partial charge in [0.05, 0.1) is 26.5 Å². The van der Waals surface area contributed by atoms with Gasteiger partial charge in [-0.3, -0.25) is 19.6 Å². The van der Waals surface area contributed by atoms with E-state index in [1.165, 1.54) is 12.3 Å². The van der Waals surface area contributed by atoms with Gasteiger partial charge in [0.2, 0.25) is 0 Å². The van der Waals surface area contributed by atoms with Crippen molar-refractivity contribution in [3.63, 3.8) is 0 Å². The van der Waals surface area contributed by atoms with Crippen LogP contribution in [0.3, 0.4) is 0 Å². The molecule has 142 valence electrons. The van der Waals surface area contributed by atoms with Crippen LogP contribution in [0.25, 0.3) is 21.6 Å². The maximum absolute atomic E-state index is 12.3. The van der Waals surface area contributed by atoms with E-state index >= 15 is 0 Å². The van der Waals surface area contributed by atoms with Crippen molar-refractivity contribution in [2.75, 3.05) is 6.54 Å². The highest BCUT2D eigenvalue weighted by Gasteiger charge is 2.11. The van der Waals surface area contributed by atoms with E-state index < -0.39 is 11.2 Å². The number of nitrogens with zero attached hydrogens (tertiary/aromatic N) is 2. The summed E-state index contributed by atoms with van der Waals surface area (Å²) < 4.78 is 0. The fourth-order valence-electron chi connectivity index (χ4n) is 2.70. The van der Waals surface area contributed by atoms with Crippen LogP contribution in [0.15, 0.2) is 39.4 Å². The molecule has 3 N–H and O–H groups in total. The molecule has 4 aromatic rings. The number of aromatic nitrogens is 4. The molecule has 0 saturated carbocycles. The van der Waals surface area contributed by atoms with Gasteiger partial charge in [-0.05, 0) is 31.5 Å². The van der Waals surface area contributed by atoms with E-state index in [0.717, 1.165) is 20.5 Å². The minimum absolute atomic E-state index is 0.147. The highest BCUT2D eigenvalue weighted by atomic mass is 32.1. The third kappa shape index (κ3) is 3.78. The number of thiophene rings is 1. The number of pyridine rings is 1. The molecule has 0 fully saturated rings. The van der Waals surface area contributed by atoms with Crippen LogP contribution in [0.2, 0.25) is 0 Å². The first-order valence-corrected chi connectivity index (χ1v) is 10.1. The molecule has 28 heavy (non-hydrogen) atoms. The number of H-pyrrole nitrogens is 2. The highest BCUT2D eigenvalue weighted by molar-refractivity contribution is 7.16. The summed E-state index contributed by atoms with van der Waals surface area (Å²) in [6, 6.07) is 5.49. The number of thiazole rings is 1. The maximum Gasteiger partial charge on any atom is 0.327 e. The number of hydrogen-bond acceptors (Lipinski definition) is 7. The number of carbonyl (C=O) groups excluding carboxylic acids is 1. The summed E-state index contributed by atoms with van der Waals surface area (Å²) >= 11 is 3.27. The number of aromatic amines is 2. The molecule has 0 saturated heterocycles. The number of nitrogens with one attached hydrogen (secondary N) is 3. The Balaban J connectivity index is 1.41. The van der Waals surface area contributed by atoms with Crippen LogP contribution >= 0.6 is 22.7 Å². The zero-order valence-corrected chi connectivity index (χ0v) is 16.4. The van der Waals surface area contributed by atoms with Crippen molar-refractivity contribution >= 4 is 39.6 Å². The van der Waals surface area contributed by atoms with Crippen LogP contribution in [-0.4, -0.2) is 32.4 Å². The topological polar surface area (TPSA) is 121 Å². The van der Waals surface area contributed by atoms with Crippen LogP contribution in [0, 0.1) is 6.92 Å². The molecular weight excluding hydrogens is 398 g/mol. The van der Waals surface area contributed by atoms with Crippen LogP contribution in [-0.2, 0) is 6.42 Å². The molecule has 4 rings (SSSR count). The second-order valence-corrected chi connectivity index (χ2v) is 8.28. The van der Waals surface area contributed by atoms with Crippen LogP contribution < -0.4 is 16.6 Å². The van der Waals surface area contributed by atoms with Gasteiger partial charge in [0.25, 0.3) is 11.5 Å². The van der Waals surface area contributed by atoms with Crippen molar-refractivity contribution in [2.24, 2.45) is 0 Å². The predicted molar refractivity (Wildman–Crippen MR) is 109 cm³/mol. The Morgan fingerprint density at radius 3 is 2.89 bits per heavy atom. The predicted octanol–water partition coefficient (Wildman–Crippen LogP) is 2.08.